The van der Waals surface area contributed by atoms with E-state index in [1.165, 1.54) is 11.8 Å². The highest BCUT2D eigenvalue weighted by atomic mass is 32.1. The number of aliphatic hydroxyl groups excluding tert-OH is 1. The molecule has 1 aromatic heterocycles. The van der Waals surface area contributed by atoms with E-state index in [0.29, 0.717) is 58.7 Å². The van der Waals surface area contributed by atoms with Crippen molar-refractivity contribution in [1.82, 2.24) is 4.98 Å². The Morgan fingerprint density at radius 2 is 1.93 bits per heavy atom. The van der Waals surface area contributed by atoms with Crippen LogP contribution in [0.25, 0.3) is 5.76 Å². The predicted octanol–water partition coefficient (Wildman–Crippen LogP) is 6.43. The number of nitrogens with zero attached hydrogens (tertiary/aromatic N) is 2. The third-order valence-corrected chi connectivity index (χ3v) is 8.72. The molecule has 2 aliphatic rings. The molecule has 9 nitrogen and oxygen atoms in total. The van der Waals surface area contributed by atoms with Crippen LogP contribution in [0.15, 0.2) is 42.0 Å². The first-order valence-electron chi connectivity index (χ1n) is 14.5. The summed E-state index contributed by atoms with van der Waals surface area (Å²) in [7, 11) is 0. The predicted molar refractivity (Wildman–Crippen MR) is 164 cm³/mol. The Balaban J connectivity index is 1.66. The van der Waals surface area contributed by atoms with Crippen LogP contribution in [0.5, 0.6) is 17.2 Å². The Hall–Kier alpha value is -4.18. The number of Topliss-reactive ketones (excluding diaryl/α,β-unsaturated/α-hetero) is 2. The quantitative estimate of drug-likeness (QED) is 0.122. The zero-order chi connectivity index (χ0) is 31.0. The van der Waals surface area contributed by atoms with Crippen molar-refractivity contribution in [3.05, 3.63) is 69.2 Å². The number of carbonyl (C=O) groups excluding carboxylic acids is 3. The van der Waals surface area contributed by atoms with Gasteiger partial charge < -0.3 is 19.3 Å². The first-order valence-corrected chi connectivity index (χ1v) is 15.3. The Morgan fingerprint density at radius 3 is 2.60 bits per heavy atom. The van der Waals surface area contributed by atoms with Crippen LogP contribution in [0.4, 0.5) is 5.13 Å². The molecule has 2 aliphatic heterocycles. The van der Waals surface area contributed by atoms with Crippen molar-refractivity contribution in [2.24, 2.45) is 5.92 Å². The van der Waals surface area contributed by atoms with Gasteiger partial charge in [-0.2, -0.15) is 0 Å². The lowest BCUT2D eigenvalue weighted by Crippen LogP contribution is -2.29. The van der Waals surface area contributed by atoms with Crippen molar-refractivity contribution < 1.29 is 33.7 Å². The van der Waals surface area contributed by atoms with E-state index in [4.69, 9.17) is 14.2 Å². The van der Waals surface area contributed by atoms with Crippen molar-refractivity contribution in [1.29, 1.82) is 0 Å². The zero-order valence-corrected chi connectivity index (χ0v) is 26.0. The van der Waals surface area contributed by atoms with Gasteiger partial charge in [-0.1, -0.05) is 31.3 Å². The van der Waals surface area contributed by atoms with Gasteiger partial charge in [0.25, 0.3) is 5.78 Å². The number of rotatable bonds is 10. The molecule has 0 aliphatic carbocycles. The van der Waals surface area contributed by atoms with Crippen LogP contribution >= 0.6 is 11.3 Å². The summed E-state index contributed by atoms with van der Waals surface area (Å²) in [6.45, 7) is 12.0. The standard InChI is InChI=1S/C33H36N2O7S/c1-7-40-26-16-21(8-11-25(26)41-13-12-17(2)3)28-27(29(37)22-9-10-24-23(15-22)14-18(4)42-24)30(38)32(39)35(28)33-34-19(5)31(43-33)20(6)36/h8-11,15-18,28,37H,7,12-14H2,1-6H3/b29-27+/t18-,28-/m0/s1. The van der Waals surface area contributed by atoms with Crippen molar-refractivity contribution in [2.75, 3.05) is 18.1 Å². The second kappa shape index (κ2) is 12.2. The molecule has 1 N–H and O–H groups in total. The third-order valence-electron chi connectivity index (χ3n) is 7.46. The van der Waals surface area contributed by atoms with Gasteiger partial charge in [-0.3, -0.25) is 19.3 Å². The van der Waals surface area contributed by atoms with E-state index in [9.17, 15) is 19.5 Å². The topological polar surface area (TPSA) is 115 Å². The Labute approximate surface area is 255 Å². The number of ketones is 2. The van der Waals surface area contributed by atoms with Crippen molar-refractivity contribution >= 4 is 39.7 Å². The third kappa shape index (κ3) is 5.88. The van der Waals surface area contributed by atoms with Gasteiger partial charge in [-0.05, 0) is 74.6 Å². The zero-order valence-electron chi connectivity index (χ0n) is 25.2. The second-order valence-electron chi connectivity index (χ2n) is 11.3. The smallest absolute Gasteiger partial charge is 0.301 e. The average Bonchev–Trinajstić information content (AvgIpc) is 3.60. The average molecular weight is 605 g/mol. The maximum atomic E-state index is 13.7. The van der Waals surface area contributed by atoms with Crippen molar-refractivity contribution in [3.63, 3.8) is 0 Å². The van der Waals surface area contributed by atoms with Gasteiger partial charge in [0.15, 0.2) is 22.4 Å². The SMILES string of the molecule is CCOc1cc([C@H]2/C(=C(\O)c3ccc4c(c3)C[C@H](C)O4)C(=O)C(=O)N2c2nc(C)c(C(C)=O)s2)ccc1OCCC(C)C. The van der Waals surface area contributed by atoms with Gasteiger partial charge in [0.05, 0.1) is 35.4 Å². The van der Waals surface area contributed by atoms with E-state index in [2.05, 4.69) is 18.8 Å². The first kappa shape index (κ1) is 30.3. The van der Waals surface area contributed by atoms with Crippen LogP contribution in [-0.4, -0.2) is 46.9 Å². The summed E-state index contributed by atoms with van der Waals surface area (Å²) >= 11 is 1.04. The fourth-order valence-corrected chi connectivity index (χ4v) is 6.36. The minimum absolute atomic E-state index is 0.000140. The molecule has 1 amide bonds. The van der Waals surface area contributed by atoms with Crippen LogP contribution < -0.4 is 19.1 Å². The lowest BCUT2D eigenvalue weighted by atomic mass is 9.94. The normalized spacial score (nSPS) is 19.1. The number of anilines is 1. The van der Waals surface area contributed by atoms with Gasteiger partial charge >= 0.3 is 5.91 Å². The molecule has 0 spiro atoms. The summed E-state index contributed by atoms with van der Waals surface area (Å²) in [6, 6.07) is 9.44. The van der Waals surface area contributed by atoms with E-state index in [1.807, 2.05) is 13.8 Å². The summed E-state index contributed by atoms with van der Waals surface area (Å²) in [5.41, 5.74) is 2.22. The molecular formula is C33H36N2O7S. The number of aryl methyl sites for hydroxylation is 1. The second-order valence-corrected chi connectivity index (χ2v) is 12.2. The molecule has 3 aromatic rings. The number of hydrogen-bond acceptors (Lipinski definition) is 9. The lowest BCUT2D eigenvalue weighted by Gasteiger charge is -2.24. The fourth-order valence-electron chi connectivity index (χ4n) is 5.37. The number of aliphatic hydroxyl groups is 1. The Kier molecular flexibility index (Phi) is 8.59. The molecule has 3 heterocycles. The number of hydrogen-bond donors (Lipinski definition) is 1. The number of fused-ring (bicyclic) bond motifs is 1. The van der Waals surface area contributed by atoms with Crippen molar-refractivity contribution in [2.45, 2.75) is 66.5 Å². The summed E-state index contributed by atoms with van der Waals surface area (Å²) in [4.78, 5) is 45.8. The van der Waals surface area contributed by atoms with Crippen LogP contribution in [-0.2, 0) is 16.0 Å². The van der Waals surface area contributed by atoms with Gasteiger partial charge in [0, 0.05) is 18.9 Å². The van der Waals surface area contributed by atoms with Gasteiger partial charge in [-0.25, -0.2) is 4.98 Å². The molecule has 0 unspecified atom stereocenters. The van der Waals surface area contributed by atoms with Crippen LogP contribution in [0.1, 0.15) is 79.1 Å². The highest BCUT2D eigenvalue weighted by molar-refractivity contribution is 7.18. The molecule has 1 fully saturated rings. The molecule has 1 saturated heterocycles. The molecule has 5 rings (SSSR count). The van der Waals surface area contributed by atoms with E-state index in [1.54, 1.807) is 43.3 Å². The van der Waals surface area contributed by atoms with Gasteiger partial charge in [0.1, 0.15) is 17.6 Å². The highest BCUT2D eigenvalue weighted by Gasteiger charge is 2.48. The molecule has 0 saturated carbocycles. The first-order chi connectivity index (χ1) is 20.5. The molecule has 2 aromatic carbocycles. The summed E-state index contributed by atoms with van der Waals surface area (Å²) < 4.78 is 17.7. The molecule has 226 valence electrons. The Morgan fingerprint density at radius 1 is 1.16 bits per heavy atom. The maximum absolute atomic E-state index is 13.7. The van der Waals surface area contributed by atoms with Crippen molar-refractivity contribution in [3.8, 4) is 17.2 Å². The van der Waals surface area contributed by atoms with Crippen LogP contribution in [0.3, 0.4) is 0 Å². The monoisotopic (exact) mass is 604 g/mol. The molecule has 0 bridgehead atoms. The minimum Gasteiger partial charge on any atom is -0.507 e. The summed E-state index contributed by atoms with van der Waals surface area (Å²) in [5.74, 6) is 0.00568. The van der Waals surface area contributed by atoms with Crippen LogP contribution in [0.2, 0.25) is 0 Å². The molecule has 2 atom stereocenters. The van der Waals surface area contributed by atoms with E-state index in [-0.39, 0.29) is 28.4 Å². The van der Waals surface area contributed by atoms with E-state index >= 15 is 0 Å². The molecule has 10 heteroatoms. The number of thiazole rings is 1. The minimum atomic E-state index is -1.03. The van der Waals surface area contributed by atoms with E-state index in [0.717, 1.165) is 29.1 Å². The Bertz CT molecular complexity index is 1620. The number of aromatic nitrogens is 1. The molecular weight excluding hydrogens is 568 g/mol. The fraction of sp³-hybridized carbons (Fsp3) is 0.394. The van der Waals surface area contributed by atoms with E-state index < -0.39 is 17.7 Å². The summed E-state index contributed by atoms with van der Waals surface area (Å²) in [5, 5.41) is 11.9. The molecule has 0 radical (unpaired) electrons. The lowest BCUT2D eigenvalue weighted by molar-refractivity contribution is -0.132. The number of benzene rings is 2. The number of carbonyl (C=O) groups is 3. The van der Waals surface area contributed by atoms with Gasteiger partial charge in [0.2, 0.25) is 0 Å². The molecule has 43 heavy (non-hydrogen) atoms. The number of amides is 1. The maximum Gasteiger partial charge on any atom is 0.301 e. The number of ether oxygens (including phenoxy) is 3. The van der Waals surface area contributed by atoms with Gasteiger partial charge in [-0.15, -0.1) is 0 Å². The summed E-state index contributed by atoms with van der Waals surface area (Å²) in [6.07, 6.45) is 1.52. The van der Waals surface area contributed by atoms with Crippen LogP contribution in [0, 0.1) is 12.8 Å². The highest BCUT2D eigenvalue weighted by Crippen LogP contribution is 2.46. The largest absolute Gasteiger partial charge is 0.507 e.